The highest BCUT2D eigenvalue weighted by Crippen LogP contribution is 2.28. The molecule has 0 aliphatic rings. The third kappa shape index (κ3) is 3.00. The van der Waals surface area contributed by atoms with Crippen LogP contribution in [0.4, 0.5) is 18.9 Å². The topological polar surface area (TPSA) is 38.9 Å². The monoisotopic (exact) mass is 252 g/mol. The van der Waals surface area contributed by atoms with Crippen molar-refractivity contribution >= 4 is 5.69 Å². The molecule has 2 rings (SSSR count). The van der Waals surface area contributed by atoms with Crippen LogP contribution in [0.15, 0.2) is 42.6 Å². The summed E-state index contributed by atoms with van der Waals surface area (Å²) in [6, 6.07) is 9.68. The number of halogens is 3. The van der Waals surface area contributed by atoms with E-state index in [-0.39, 0.29) is 0 Å². The smallest absolute Gasteiger partial charge is 0.399 e. The molecular formula is C13H11F3N2. The summed E-state index contributed by atoms with van der Waals surface area (Å²) in [5, 5.41) is 0. The third-order valence-electron chi connectivity index (χ3n) is 2.50. The Morgan fingerprint density at radius 1 is 1.00 bits per heavy atom. The summed E-state index contributed by atoms with van der Waals surface area (Å²) < 4.78 is 37.4. The number of rotatable bonds is 2. The fourth-order valence-electron chi connectivity index (χ4n) is 1.61. The van der Waals surface area contributed by atoms with Gasteiger partial charge in [-0.25, -0.2) is 0 Å². The van der Waals surface area contributed by atoms with Crippen molar-refractivity contribution in [2.75, 3.05) is 5.73 Å². The van der Waals surface area contributed by atoms with Crippen LogP contribution in [0.2, 0.25) is 0 Å². The van der Waals surface area contributed by atoms with Crippen LogP contribution < -0.4 is 5.73 Å². The average Bonchev–Trinajstić information content (AvgIpc) is 2.31. The van der Waals surface area contributed by atoms with Crippen molar-refractivity contribution in [2.45, 2.75) is 12.6 Å². The molecule has 2 nitrogen and oxygen atoms in total. The number of nitrogens with zero attached hydrogens (tertiary/aromatic N) is 1. The van der Waals surface area contributed by atoms with Crippen LogP contribution in [0, 0.1) is 0 Å². The van der Waals surface area contributed by atoms with Gasteiger partial charge in [0.25, 0.3) is 0 Å². The summed E-state index contributed by atoms with van der Waals surface area (Å²) >= 11 is 0. The molecule has 18 heavy (non-hydrogen) atoms. The van der Waals surface area contributed by atoms with Crippen molar-refractivity contribution in [1.29, 1.82) is 0 Å². The van der Waals surface area contributed by atoms with Gasteiger partial charge in [0.2, 0.25) is 0 Å². The van der Waals surface area contributed by atoms with E-state index in [0.717, 1.165) is 11.6 Å². The first-order valence-corrected chi connectivity index (χ1v) is 5.32. The largest absolute Gasteiger partial charge is 0.433 e. The zero-order chi connectivity index (χ0) is 13.2. The van der Waals surface area contributed by atoms with Crippen LogP contribution >= 0.6 is 0 Å². The van der Waals surface area contributed by atoms with Crippen molar-refractivity contribution in [3.63, 3.8) is 0 Å². The van der Waals surface area contributed by atoms with Gasteiger partial charge in [0, 0.05) is 11.9 Å². The molecule has 0 amide bonds. The fourth-order valence-corrected chi connectivity index (χ4v) is 1.61. The Hall–Kier alpha value is -2.04. The van der Waals surface area contributed by atoms with Crippen LogP contribution in [0.25, 0.3) is 0 Å². The highest BCUT2D eigenvalue weighted by Gasteiger charge is 2.32. The molecule has 0 spiro atoms. The molecular weight excluding hydrogens is 241 g/mol. The molecule has 94 valence electrons. The standard InChI is InChI=1S/C13H11F3N2/c14-13(15,16)12-8-10(5-6-18-12)7-9-1-3-11(17)4-2-9/h1-6,8H,7,17H2. The van der Waals surface area contributed by atoms with E-state index < -0.39 is 11.9 Å². The van der Waals surface area contributed by atoms with Crippen molar-refractivity contribution in [3.8, 4) is 0 Å². The van der Waals surface area contributed by atoms with E-state index in [1.165, 1.54) is 6.20 Å². The number of hydrogen-bond acceptors (Lipinski definition) is 2. The summed E-state index contributed by atoms with van der Waals surface area (Å²) in [6.07, 6.45) is -2.81. The zero-order valence-electron chi connectivity index (χ0n) is 9.41. The molecule has 0 saturated heterocycles. The average molecular weight is 252 g/mol. The molecule has 0 saturated carbocycles. The second-order valence-electron chi connectivity index (χ2n) is 3.97. The number of nitrogen functional groups attached to an aromatic ring is 1. The number of hydrogen-bond donors (Lipinski definition) is 1. The van der Waals surface area contributed by atoms with E-state index in [4.69, 9.17) is 5.73 Å². The van der Waals surface area contributed by atoms with Gasteiger partial charge in [-0.1, -0.05) is 12.1 Å². The van der Waals surface area contributed by atoms with Crippen LogP contribution in [0.3, 0.4) is 0 Å². The second kappa shape index (κ2) is 4.68. The fraction of sp³-hybridized carbons (Fsp3) is 0.154. The number of aromatic nitrogens is 1. The molecule has 2 aromatic rings. The summed E-state index contributed by atoms with van der Waals surface area (Å²) in [5.41, 5.74) is 6.78. The Bertz CT molecular complexity index is 533. The number of nitrogens with two attached hydrogens (primary N) is 1. The van der Waals surface area contributed by atoms with Crippen molar-refractivity contribution in [3.05, 3.63) is 59.4 Å². The van der Waals surface area contributed by atoms with Gasteiger partial charge in [0.15, 0.2) is 0 Å². The van der Waals surface area contributed by atoms with Gasteiger partial charge in [-0.2, -0.15) is 13.2 Å². The molecule has 2 N–H and O–H groups in total. The highest BCUT2D eigenvalue weighted by atomic mass is 19.4. The summed E-state index contributed by atoms with van der Waals surface area (Å²) in [6.45, 7) is 0. The van der Waals surface area contributed by atoms with Crippen molar-refractivity contribution in [2.24, 2.45) is 0 Å². The number of benzene rings is 1. The lowest BCUT2D eigenvalue weighted by Crippen LogP contribution is -2.08. The Labute approximate surface area is 102 Å². The summed E-state index contributed by atoms with van der Waals surface area (Å²) in [7, 11) is 0. The maximum absolute atomic E-state index is 12.5. The van der Waals surface area contributed by atoms with Gasteiger partial charge in [-0.05, 0) is 41.8 Å². The quantitative estimate of drug-likeness (QED) is 0.833. The lowest BCUT2D eigenvalue weighted by Gasteiger charge is -2.07. The normalized spacial score (nSPS) is 11.5. The van der Waals surface area contributed by atoms with Gasteiger partial charge in [-0.3, -0.25) is 4.98 Å². The molecule has 0 aliphatic carbocycles. The van der Waals surface area contributed by atoms with Crippen LogP contribution in [-0.4, -0.2) is 4.98 Å². The highest BCUT2D eigenvalue weighted by molar-refractivity contribution is 5.40. The molecule has 5 heteroatoms. The van der Waals surface area contributed by atoms with Gasteiger partial charge >= 0.3 is 6.18 Å². The van der Waals surface area contributed by atoms with E-state index in [9.17, 15) is 13.2 Å². The second-order valence-corrected chi connectivity index (χ2v) is 3.97. The number of pyridine rings is 1. The molecule has 0 atom stereocenters. The maximum Gasteiger partial charge on any atom is 0.433 e. The predicted molar refractivity (Wildman–Crippen MR) is 62.9 cm³/mol. The van der Waals surface area contributed by atoms with E-state index >= 15 is 0 Å². The first kappa shape index (κ1) is 12.4. The molecule has 1 aromatic carbocycles. The summed E-state index contributed by atoms with van der Waals surface area (Å²) in [5.74, 6) is 0. The van der Waals surface area contributed by atoms with Gasteiger partial charge in [0.05, 0.1) is 0 Å². The predicted octanol–water partition coefficient (Wildman–Crippen LogP) is 3.27. The van der Waals surface area contributed by atoms with E-state index in [1.54, 1.807) is 30.3 Å². The summed E-state index contributed by atoms with van der Waals surface area (Å²) in [4.78, 5) is 3.32. The van der Waals surface area contributed by atoms with Gasteiger partial charge in [0.1, 0.15) is 5.69 Å². The minimum atomic E-state index is -4.41. The molecule has 0 fully saturated rings. The molecule has 0 unspecified atom stereocenters. The molecule has 0 bridgehead atoms. The van der Waals surface area contributed by atoms with Crippen molar-refractivity contribution < 1.29 is 13.2 Å². The van der Waals surface area contributed by atoms with E-state index in [2.05, 4.69) is 4.98 Å². The van der Waals surface area contributed by atoms with Crippen LogP contribution in [0.5, 0.6) is 0 Å². The molecule has 1 heterocycles. The van der Waals surface area contributed by atoms with Crippen molar-refractivity contribution in [1.82, 2.24) is 4.98 Å². The molecule has 0 radical (unpaired) electrons. The lowest BCUT2D eigenvalue weighted by atomic mass is 10.0. The van der Waals surface area contributed by atoms with Crippen LogP contribution in [-0.2, 0) is 12.6 Å². The minimum absolute atomic E-state index is 0.422. The first-order valence-electron chi connectivity index (χ1n) is 5.32. The maximum atomic E-state index is 12.5. The van der Waals surface area contributed by atoms with E-state index in [0.29, 0.717) is 17.7 Å². The van der Waals surface area contributed by atoms with Crippen LogP contribution in [0.1, 0.15) is 16.8 Å². The Morgan fingerprint density at radius 2 is 1.67 bits per heavy atom. The van der Waals surface area contributed by atoms with E-state index in [1.807, 2.05) is 0 Å². The number of alkyl halides is 3. The minimum Gasteiger partial charge on any atom is -0.399 e. The Morgan fingerprint density at radius 3 is 2.28 bits per heavy atom. The van der Waals surface area contributed by atoms with Gasteiger partial charge < -0.3 is 5.73 Å². The third-order valence-corrected chi connectivity index (χ3v) is 2.50. The molecule has 1 aromatic heterocycles. The number of anilines is 1. The Kier molecular flexibility index (Phi) is 3.23. The van der Waals surface area contributed by atoms with Gasteiger partial charge in [-0.15, -0.1) is 0 Å². The molecule has 0 aliphatic heterocycles. The SMILES string of the molecule is Nc1ccc(Cc2ccnc(C(F)(F)F)c2)cc1. The lowest BCUT2D eigenvalue weighted by molar-refractivity contribution is -0.141. The Balaban J connectivity index is 2.22. The first-order chi connectivity index (χ1) is 8.45. The zero-order valence-corrected chi connectivity index (χ0v) is 9.41.